The van der Waals surface area contributed by atoms with Crippen molar-refractivity contribution in [1.82, 2.24) is 20.1 Å². The third-order valence-electron chi connectivity index (χ3n) is 3.85. The number of carbonyl (C=O) groups is 2. The fraction of sp³-hybridized carbons (Fsp3) is 0.412. The number of amides is 2. The van der Waals surface area contributed by atoms with E-state index >= 15 is 0 Å². The average Bonchev–Trinajstić information content (AvgIpc) is 3.03. The smallest absolute Gasteiger partial charge is 0.413 e. The van der Waals surface area contributed by atoms with Crippen LogP contribution in [0.2, 0.25) is 0 Å². The van der Waals surface area contributed by atoms with Crippen molar-refractivity contribution in [2.75, 3.05) is 26.5 Å². The van der Waals surface area contributed by atoms with E-state index in [1.54, 1.807) is 23.6 Å². The number of hydrogen-bond acceptors (Lipinski definition) is 6. The number of halogens is 1. The predicted molar refractivity (Wildman–Crippen MR) is 98.4 cm³/mol. The van der Waals surface area contributed by atoms with Crippen molar-refractivity contribution in [2.45, 2.75) is 25.0 Å². The summed E-state index contributed by atoms with van der Waals surface area (Å²) in [6, 6.07) is 5.98. The van der Waals surface area contributed by atoms with Crippen molar-refractivity contribution in [1.29, 1.82) is 0 Å². The van der Waals surface area contributed by atoms with Gasteiger partial charge in [0.05, 0.1) is 26.5 Å². The lowest BCUT2D eigenvalue weighted by molar-refractivity contribution is -0.890. The van der Waals surface area contributed by atoms with Crippen molar-refractivity contribution >= 4 is 23.8 Å². The Morgan fingerprint density at radius 1 is 1.30 bits per heavy atom. The highest BCUT2D eigenvalue weighted by Crippen LogP contribution is 2.24. The van der Waals surface area contributed by atoms with Gasteiger partial charge in [-0.15, -0.1) is 10.2 Å². The van der Waals surface area contributed by atoms with Crippen LogP contribution in [0.25, 0.3) is 5.69 Å². The zero-order valence-electron chi connectivity index (χ0n) is 15.7. The summed E-state index contributed by atoms with van der Waals surface area (Å²) in [6.45, 7) is 3.83. The highest BCUT2D eigenvalue weighted by molar-refractivity contribution is 7.99. The standard InChI is InChI=1S/C17H22FN5O3S/c1-5-26-17(25)19-14(24)10-27-16-21-20-15(11(2)22(3)4)23(16)13-8-6-12(18)7-9-13/h6-9,11H,5,10H2,1-4H3,(H,19,24,25)/p+1/t11-/m1/s1. The van der Waals surface area contributed by atoms with Gasteiger partial charge in [-0.2, -0.15) is 0 Å². The quantitative estimate of drug-likeness (QED) is 0.678. The third kappa shape index (κ3) is 5.51. The average molecular weight is 396 g/mol. The number of benzene rings is 1. The van der Waals surface area contributed by atoms with E-state index in [1.165, 1.54) is 12.1 Å². The molecule has 27 heavy (non-hydrogen) atoms. The molecule has 0 saturated heterocycles. The first kappa shape index (κ1) is 20.8. The van der Waals surface area contributed by atoms with Crippen LogP contribution in [0, 0.1) is 5.82 Å². The Kier molecular flexibility index (Phi) is 7.31. The van der Waals surface area contributed by atoms with Gasteiger partial charge in [-0.3, -0.25) is 14.7 Å². The van der Waals surface area contributed by atoms with Crippen molar-refractivity contribution in [3.05, 3.63) is 35.9 Å². The normalized spacial score (nSPS) is 12.1. The molecule has 2 N–H and O–H groups in total. The van der Waals surface area contributed by atoms with E-state index in [0.29, 0.717) is 16.7 Å². The van der Waals surface area contributed by atoms with E-state index in [1.807, 2.05) is 21.0 Å². The number of hydrogen-bond donors (Lipinski definition) is 2. The molecule has 0 unspecified atom stereocenters. The second-order valence-corrected chi connectivity index (χ2v) is 6.95. The second-order valence-electron chi connectivity index (χ2n) is 6.01. The highest BCUT2D eigenvalue weighted by Gasteiger charge is 2.24. The van der Waals surface area contributed by atoms with Crippen LogP contribution in [0.1, 0.15) is 25.7 Å². The van der Waals surface area contributed by atoms with Crippen molar-refractivity contribution in [2.24, 2.45) is 0 Å². The molecule has 0 saturated carbocycles. The molecular formula is C17H23FN5O3S+. The summed E-state index contributed by atoms with van der Waals surface area (Å²) in [5.74, 6) is -0.195. The van der Waals surface area contributed by atoms with Crippen molar-refractivity contribution < 1.29 is 23.6 Å². The van der Waals surface area contributed by atoms with Gasteiger partial charge in [-0.1, -0.05) is 11.8 Å². The molecule has 0 bridgehead atoms. The Morgan fingerprint density at radius 3 is 2.56 bits per heavy atom. The van der Waals surface area contributed by atoms with Crippen LogP contribution in [-0.4, -0.2) is 53.2 Å². The van der Waals surface area contributed by atoms with E-state index in [4.69, 9.17) is 0 Å². The highest BCUT2D eigenvalue weighted by atomic mass is 32.2. The van der Waals surface area contributed by atoms with Crippen LogP contribution >= 0.6 is 11.8 Å². The number of nitrogens with one attached hydrogen (secondary N) is 2. The summed E-state index contributed by atoms with van der Waals surface area (Å²) in [5.41, 5.74) is 0.692. The summed E-state index contributed by atoms with van der Waals surface area (Å²) in [4.78, 5) is 24.4. The molecule has 1 atom stereocenters. The summed E-state index contributed by atoms with van der Waals surface area (Å²) in [5, 5.41) is 11.0. The molecule has 146 valence electrons. The number of imide groups is 1. The van der Waals surface area contributed by atoms with Crippen LogP contribution in [0.5, 0.6) is 0 Å². The Bertz CT molecular complexity index is 794. The van der Waals surface area contributed by atoms with Gasteiger partial charge < -0.3 is 9.64 Å². The molecule has 2 rings (SSSR count). The Hall–Kier alpha value is -2.46. The van der Waals surface area contributed by atoms with E-state index in [2.05, 4.69) is 20.3 Å². The molecule has 2 amide bonds. The van der Waals surface area contributed by atoms with Crippen LogP contribution in [0.4, 0.5) is 9.18 Å². The first-order chi connectivity index (χ1) is 12.8. The van der Waals surface area contributed by atoms with Gasteiger partial charge in [0.25, 0.3) is 0 Å². The van der Waals surface area contributed by atoms with Crippen LogP contribution in [0.3, 0.4) is 0 Å². The molecule has 1 heterocycles. The molecule has 10 heteroatoms. The number of quaternary nitrogens is 1. The topological polar surface area (TPSA) is 90.5 Å². The Labute approximate surface area is 161 Å². The van der Waals surface area contributed by atoms with E-state index < -0.39 is 12.0 Å². The van der Waals surface area contributed by atoms with Gasteiger partial charge in [0.2, 0.25) is 5.91 Å². The van der Waals surface area contributed by atoms with Gasteiger partial charge in [-0.25, -0.2) is 9.18 Å². The molecule has 1 aromatic heterocycles. The van der Waals surface area contributed by atoms with Gasteiger partial charge in [0.1, 0.15) is 11.9 Å². The van der Waals surface area contributed by atoms with Gasteiger partial charge in [0.15, 0.2) is 11.0 Å². The van der Waals surface area contributed by atoms with Gasteiger partial charge in [0, 0.05) is 5.69 Å². The summed E-state index contributed by atoms with van der Waals surface area (Å²) < 4.78 is 19.8. The predicted octanol–water partition coefficient (Wildman–Crippen LogP) is 0.977. The van der Waals surface area contributed by atoms with Gasteiger partial charge in [-0.05, 0) is 38.1 Å². The fourth-order valence-electron chi connectivity index (χ4n) is 2.19. The lowest BCUT2D eigenvalue weighted by atomic mass is 10.2. The number of alkyl carbamates (subject to hydrolysis) is 1. The third-order valence-corrected chi connectivity index (χ3v) is 4.77. The van der Waals surface area contributed by atoms with Crippen LogP contribution in [0.15, 0.2) is 29.4 Å². The Morgan fingerprint density at radius 2 is 1.96 bits per heavy atom. The van der Waals surface area contributed by atoms with Crippen LogP contribution in [-0.2, 0) is 9.53 Å². The second kappa shape index (κ2) is 9.47. The number of thioether (sulfide) groups is 1. The minimum atomic E-state index is -0.784. The minimum absolute atomic E-state index is 0.0188. The largest absolute Gasteiger partial charge is 0.450 e. The maximum Gasteiger partial charge on any atom is 0.413 e. The molecule has 8 nitrogen and oxygen atoms in total. The molecule has 0 aliphatic heterocycles. The zero-order chi connectivity index (χ0) is 20.0. The fourth-order valence-corrected chi connectivity index (χ4v) is 2.95. The van der Waals surface area contributed by atoms with Crippen molar-refractivity contribution in [3.8, 4) is 5.69 Å². The Balaban J connectivity index is 2.24. The number of rotatable bonds is 7. The number of carbonyl (C=O) groups excluding carboxylic acids is 2. The molecule has 2 aromatic rings. The number of aromatic nitrogens is 3. The van der Waals surface area contributed by atoms with E-state index in [-0.39, 0.29) is 24.2 Å². The monoisotopic (exact) mass is 396 g/mol. The zero-order valence-corrected chi connectivity index (χ0v) is 16.5. The number of nitrogens with zero attached hydrogens (tertiary/aromatic N) is 3. The lowest BCUT2D eigenvalue weighted by Crippen LogP contribution is -3.05. The van der Waals surface area contributed by atoms with Gasteiger partial charge >= 0.3 is 6.09 Å². The van der Waals surface area contributed by atoms with Crippen LogP contribution < -0.4 is 10.2 Å². The first-order valence-electron chi connectivity index (χ1n) is 8.44. The minimum Gasteiger partial charge on any atom is -0.450 e. The van der Waals surface area contributed by atoms with E-state index in [0.717, 1.165) is 16.7 Å². The lowest BCUT2D eigenvalue weighted by Gasteiger charge is -2.18. The molecule has 0 spiro atoms. The van der Waals surface area contributed by atoms with Crippen molar-refractivity contribution in [3.63, 3.8) is 0 Å². The number of ether oxygens (including phenoxy) is 1. The molecule has 0 aliphatic rings. The first-order valence-corrected chi connectivity index (χ1v) is 9.42. The molecule has 0 aliphatic carbocycles. The summed E-state index contributed by atoms with van der Waals surface area (Å²) in [6.07, 6.45) is -0.784. The summed E-state index contributed by atoms with van der Waals surface area (Å²) >= 11 is 1.13. The summed E-state index contributed by atoms with van der Waals surface area (Å²) in [7, 11) is 3.99. The maximum atomic E-state index is 13.3. The molecular weight excluding hydrogens is 373 g/mol. The molecule has 1 aromatic carbocycles. The maximum absolute atomic E-state index is 13.3. The van der Waals surface area contributed by atoms with E-state index in [9.17, 15) is 14.0 Å². The molecule has 0 fully saturated rings. The SMILES string of the molecule is CCOC(=O)NC(=O)CSc1nnc([C@@H](C)[NH+](C)C)n1-c1ccc(F)cc1. The molecule has 0 radical (unpaired) electrons.